The molecule has 0 N–H and O–H groups in total. The zero-order chi connectivity index (χ0) is 18.1. The first kappa shape index (κ1) is 20.4. The highest BCUT2D eigenvalue weighted by Crippen LogP contribution is 2.31. The van der Waals surface area contributed by atoms with Gasteiger partial charge in [-0.15, -0.1) is 0 Å². The Bertz CT molecular complexity index is 506. The van der Waals surface area contributed by atoms with Gasteiger partial charge in [-0.05, 0) is 38.8 Å². The van der Waals surface area contributed by atoms with Gasteiger partial charge in [0.25, 0.3) is 0 Å². The molecule has 0 spiro atoms. The van der Waals surface area contributed by atoms with Crippen LogP contribution in [-0.2, 0) is 21.0 Å². The molecule has 2 heteroatoms. The lowest BCUT2D eigenvalue weighted by molar-refractivity contribution is -0.410. The number of hydrogen-bond donors (Lipinski definition) is 0. The third kappa shape index (κ3) is 6.46. The third-order valence-corrected chi connectivity index (χ3v) is 3.90. The Morgan fingerprint density at radius 1 is 0.583 bits per heavy atom. The summed E-state index contributed by atoms with van der Waals surface area (Å²) in [6, 6.07) is 20.2. The average molecular weight is 328 g/mol. The van der Waals surface area contributed by atoms with E-state index in [4.69, 9.17) is 9.78 Å². The summed E-state index contributed by atoms with van der Waals surface area (Å²) < 4.78 is 0. The zero-order valence-electron chi connectivity index (χ0n) is 16.0. The van der Waals surface area contributed by atoms with Gasteiger partial charge in [-0.3, -0.25) is 0 Å². The summed E-state index contributed by atoms with van der Waals surface area (Å²) in [7, 11) is 0. The van der Waals surface area contributed by atoms with Crippen LogP contribution in [0, 0.1) is 0 Å². The maximum Gasteiger partial charge on any atom is 0.123 e. The number of unbranched alkanes of at least 4 members (excludes halogenated alkanes) is 1. The first-order valence-corrected chi connectivity index (χ1v) is 8.81. The second-order valence-electron chi connectivity index (χ2n) is 6.92. The van der Waals surface area contributed by atoms with Crippen molar-refractivity contribution in [3.63, 3.8) is 0 Å². The van der Waals surface area contributed by atoms with Crippen molar-refractivity contribution in [1.82, 2.24) is 0 Å². The van der Waals surface area contributed by atoms with Gasteiger partial charge < -0.3 is 0 Å². The molecule has 0 aliphatic carbocycles. The summed E-state index contributed by atoms with van der Waals surface area (Å²) in [6.45, 7) is 12.4. The summed E-state index contributed by atoms with van der Waals surface area (Å²) in [6.07, 6.45) is 2.64. The monoisotopic (exact) mass is 328 g/mol. The van der Waals surface area contributed by atoms with Crippen molar-refractivity contribution < 1.29 is 9.78 Å². The fourth-order valence-corrected chi connectivity index (χ4v) is 1.98. The van der Waals surface area contributed by atoms with Crippen molar-refractivity contribution in [2.24, 2.45) is 0 Å². The lowest BCUT2D eigenvalue weighted by atomic mass is 9.98. The van der Waals surface area contributed by atoms with E-state index in [9.17, 15) is 0 Å². The quantitative estimate of drug-likeness (QED) is 0.438. The van der Waals surface area contributed by atoms with Crippen molar-refractivity contribution in [2.45, 2.75) is 65.6 Å². The van der Waals surface area contributed by atoms with Crippen molar-refractivity contribution in [3.8, 4) is 0 Å². The van der Waals surface area contributed by atoms with E-state index in [1.165, 1.54) is 12.8 Å². The van der Waals surface area contributed by atoms with Crippen molar-refractivity contribution in [2.75, 3.05) is 0 Å². The minimum Gasteiger partial charge on any atom is -0.225 e. The van der Waals surface area contributed by atoms with E-state index < -0.39 is 11.2 Å². The van der Waals surface area contributed by atoms with Crippen LogP contribution < -0.4 is 0 Å². The largest absolute Gasteiger partial charge is 0.225 e. The summed E-state index contributed by atoms with van der Waals surface area (Å²) >= 11 is 0. The van der Waals surface area contributed by atoms with Crippen LogP contribution in [-0.4, -0.2) is 0 Å². The summed E-state index contributed by atoms with van der Waals surface area (Å²) in [5, 5.41) is 0. The van der Waals surface area contributed by atoms with E-state index in [1.54, 1.807) is 0 Å². The van der Waals surface area contributed by atoms with E-state index in [0.29, 0.717) is 0 Å². The molecule has 0 heterocycles. The molecule has 0 aliphatic rings. The van der Waals surface area contributed by atoms with Crippen molar-refractivity contribution in [1.29, 1.82) is 0 Å². The van der Waals surface area contributed by atoms with Crippen LogP contribution in [0.15, 0.2) is 60.7 Å². The Kier molecular flexibility index (Phi) is 8.17. The molecule has 0 unspecified atom stereocenters. The Labute approximate surface area is 147 Å². The molecule has 2 rings (SSSR count). The maximum atomic E-state index is 5.73. The highest BCUT2D eigenvalue weighted by Gasteiger charge is 2.29. The minimum absolute atomic E-state index is 0.493. The van der Waals surface area contributed by atoms with Gasteiger partial charge in [-0.2, -0.15) is 0 Å². The first-order valence-electron chi connectivity index (χ1n) is 8.81. The van der Waals surface area contributed by atoms with Gasteiger partial charge in [0.2, 0.25) is 0 Å². The van der Waals surface area contributed by atoms with E-state index in [0.717, 1.165) is 11.1 Å². The fraction of sp³-hybridized carbons (Fsp3) is 0.455. The van der Waals surface area contributed by atoms with E-state index in [1.807, 2.05) is 88.4 Å². The number of rotatable bonds is 6. The lowest BCUT2D eigenvalue weighted by Gasteiger charge is -2.31. The highest BCUT2D eigenvalue weighted by molar-refractivity contribution is 5.22. The molecule has 0 saturated heterocycles. The van der Waals surface area contributed by atoms with Crippen LogP contribution in [0.1, 0.15) is 65.5 Å². The lowest BCUT2D eigenvalue weighted by Crippen LogP contribution is -2.29. The Balaban J connectivity index is 0.000000648. The van der Waals surface area contributed by atoms with Gasteiger partial charge >= 0.3 is 0 Å². The van der Waals surface area contributed by atoms with E-state index in [-0.39, 0.29) is 0 Å². The fourth-order valence-electron chi connectivity index (χ4n) is 1.98. The van der Waals surface area contributed by atoms with Crippen molar-refractivity contribution in [3.05, 3.63) is 71.8 Å². The molecule has 2 aromatic carbocycles. The molecular formula is C22H32O2. The Morgan fingerprint density at radius 2 is 0.875 bits per heavy atom. The molecule has 0 aliphatic heterocycles. The molecule has 0 saturated carbocycles. The third-order valence-electron chi connectivity index (χ3n) is 3.90. The number of hydrogen-bond acceptors (Lipinski definition) is 2. The SMILES string of the molecule is CC(C)(OOC(C)(C)c1ccccc1)c1ccccc1.CCCC. The molecule has 24 heavy (non-hydrogen) atoms. The van der Waals surface area contributed by atoms with Gasteiger partial charge in [0.15, 0.2) is 0 Å². The zero-order valence-corrected chi connectivity index (χ0v) is 16.0. The molecule has 0 bridgehead atoms. The topological polar surface area (TPSA) is 18.5 Å². The van der Waals surface area contributed by atoms with Gasteiger partial charge in [-0.25, -0.2) is 9.78 Å². The molecule has 2 nitrogen and oxygen atoms in total. The molecule has 0 radical (unpaired) electrons. The first-order chi connectivity index (χ1) is 11.3. The predicted molar refractivity (Wildman–Crippen MR) is 102 cm³/mol. The molecular weight excluding hydrogens is 296 g/mol. The predicted octanol–water partition coefficient (Wildman–Crippen LogP) is 6.61. The van der Waals surface area contributed by atoms with Gasteiger partial charge in [0.1, 0.15) is 11.2 Å². The van der Waals surface area contributed by atoms with Crippen LogP contribution in [0.4, 0.5) is 0 Å². The van der Waals surface area contributed by atoms with Crippen LogP contribution >= 0.6 is 0 Å². The molecule has 2 aromatic rings. The molecule has 0 atom stereocenters. The second-order valence-corrected chi connectivity index (χ2v) is 6.92. The summed E-state index contributed by atoms with van der Waals surface area (Å²) in [5.41, 5.74) is 1.19. The Morgan fingerprint density at radius 3 is 1.12 bits per heavy atom. The van der Waals surface area contributed by atoms with Gasteiger partial charge in [0, 0.05) is 0 Å². The molecule has 0 amide bonds. The van der Waals surface area contributed by atoms with Gasteiger partial charge in [0.05, 0.1) is 0 Å². The smallest absolute Gasteiger partial charge is 0.123 e. The maximum absolute atomic E-state index is 5.73. The average Bonchev–Trinajstić information content (AvgIpc) is 2.62. The van der Waals surface area contributed by atoms with Crippen molar-refractivity contribution >= 4 is 0 Å². The van der Waals surface area contributed by atoms with Crippen LogP contribution in [0.25, 0.3) is 0 Å². The minimum atomic E-state index is -0.493. The Hall–Kier alpha value is -1.64. The van der Waals surface area contributed by atoms with E-state index in [2.05, 4.69) is 13.8 Å². The molecule has 0 fully saturated rings. The van der Waals surface area contributed by atoms with Gasteiger partial charge in [-0.1, -0.05) is 87.4 Å². The summed E-state index contributed by atoms with van der Waals surface area (Å²) in [4.78, 5) is 11.5. The standard InChI is InChI=1S/C18H22O2.C4H10/c1-17(2,15-11-7-5-8-12-15)19-20-18(3,4)16-13-9-6-10-14-16;1-3-4-2/h5-14H,1-4H3;3-4H2,1-2H3. The normalized spacial score (nSPS) is 11.6. The molecule has 0 aromatic heterocycles. The number of benzene rings is 2. The molecule has 132 valence electrons. The second kappa shape index (κ2) is 9.61. The van der Waals surface area contributed by atoms with E-state index >= 15 is 0 Å². The van der Waals surface area contributed by atoms with Crippen LogP contribution in [0.2, 0.25) is 0 Å². The van der Waals surface area contributed by atoms with Crippen LogP contribution in [0.5, 0.6) is 0 Å². The summed E-state index contributed by atoms with van der Waals surface area (Å²) in [5.74, 6) is 0. The van der Waals surface area contributed by atoms with Crippen LogP contribution in [0.3, 0.4) is 0 Å². The highest BCUT2D eigenvalue weighted by atomic mass is 17.2.